The minimum Gasteiger partial charge on any atom is -0.497 e. The summed E-state index contributed by atoms with van der Waals surface area (Å²) < 4.78 is 24.5. The molecule has 21 heavy (non-hydrogen) atoms. The van der Waals surface area contributed by atoms with Crippen molar-refractivity contribution >= 4 is 0 Å². The van der Waals surface area contributed by atoms with E-state index in [9.17, 15) is 4.39 Å². The Balaban J connectivity index is 2.34. The second-order valence-electron chi connectivity index (χ2n) is 4.74. The highest BCUT2D eigenvalue weighted by atomic mass is 19.1. The first-order valence-electron chi connectivity index (χ1n) is 6.82. The van der Waals surface area contributed by atoms with Crippen molar-refractivity contribution in [2.75, 3.05) is 21.3 Å². The van der Waals surface area contributed by atoms with Crippen molar-refractivity contribution in [3.63, 3.8) is 0 Å². The highest BCUT2D eigenvalue weighted by molar-refractivity contribution is 5.43. The van der Waals surface area contributed by atoms with Gasteiger partial charge in [0.15, 0.2) is 0 Å². The second-order valence-corrected chi connectivity index (χ2v) is 4.74. The molecule has 0 saturated heterocycles. The van der Waals surface area contributed by atoms with E-state index in [4.69, 9.17) is 9.47 Å². The third-order valence-corrected chi connectivity index (χ3v) is 3.54. The number of halogens is 1. The van der Waals surface area contributed by atoms with Gasteiger partial charge in [0.1, 0.15) is 17.3 Å². The zero-order valence-electron chi connectivity index (χ0n) is 12.5. The van der Waals surface area contributed by atoms with Gasteiger partial charge in [0.2, 0.25) is 0 Å². The minimum atomic E-state index is -0.195. The van der Waals surface area contributed by atoms with Crippen LogP contribution in [0.3, 0.4) is 0 Å². The lowest BCUT2D eigenvalue weighted by Crippen LogP contribution is -2.20. The highest BCUT2D eigenvalue weighted by Crippen LogP contribution is 2.31. The van der Waals surface area contributed by atoms with Crippen molar-refractivity contribution < 1.29 is 13.9 Å². The fourth-order valence-corrected chi connectivity index (χ4v) is 2.36. The lowest BCUT2D eigenvalue weighted by atomic mass is 9.97. The predicted octanol–water partition coefficient (Wildman–Crippen LogP) is 3.35. The molecule has 0 heterocycles. The Morgan fingerprint density at radius 3 is 2.48 bits per heavy atom. The molecule has 0 spiro atoms. The van der Waals surface area contributed by atoms with Crippen molar-refractivity contribution in [2.24, 2.45) is 0 Å². The van der Waals surface area contributed by atoms with Crippen LogP contribution in [0, 0.1) is 5.82 Å². The van der Waals surface area contributed by atoms with Gasteiger partial charge in [-0.15, -0.1) is 0 Å². The van der Waals surface area contributed by atoms with E-state index in [1.165, 1.54) is 6.07 Å². The van der Waals surface area contributed by atoms with Crippen LogP contribution in [-0.4, -0.2) is 21.3 Å². The molecule has 0 aliphatic rings. The number of rotatable bonds is 6. The first kappa shape index (κ1) is 15.3. The molecule has 1 unspecified atom stereocenters. The molecule has 1 atom stereocenters. The predicted molar refractivity (Wildman–Crippen MR) is 81.5 cm³/mol. The summed E-state index contributed by atoms with van der Waals surface area (Å²) in [6.07, 6.45) is 0.534. The Morgan fingerprint density at radius 2 is 1.86 bits per heavy atom. The van der Waals surface area contributed by atoms with Gasteiger partial charge in [-0.1, -0.05) is 18.2 Å². The van der Waals surface area contributed by atoms with Crippen LogP contribution in [0.2, 0.25) is 0 Å². The summed E-state index contributed by atoms with van der Waals surface area (Å²) >= 11 is 0. The van der Waals surface area contributed by atoms with Gasteiger partial charge in [-0.05, 0) is 43.3 Å². The fourth-order valence-electron chi connectivity index (χ4n) is 2.36. The molecule has 2 aromatic carbocycles. The van der Waals surface area contributed by atoms with Crippen molar-refractivity contribution in [3.8, 4) is 11.5 Å². The molecular formula is C17H20FNO2. The number of hydrogen-bond donors (Lipinski definition) is 1. The molecule has 0 bridgehead atoms. The molecule has 2 rings (SSSR count). The van der Waals surface area contributed by atoms with Gasteiger partial charge in [0.25, 0.3) is 0 Å². The van der Waals surface area contributed by atoms with Crippen LogP contribution in [0.15, 0.2) is 42.5 Å². The van der Waals surface area contributed by atoms with E-state index >= 15 is 0 Å². The normalized spacial score (nSPS) is 12.0. The van der Waals surface area contributed by atoms with Gasteiger partial charge in [0.05, 0.1) is 14.2 Å². The van der Waals surface area contributed by atoms with Gasteiger partial charge in [0, 0.05) is 11.6 Å². The largest absolute Gasteiger partial charge is 0.497 e. The van der Waals surface area contributed by atoms with E-state index in [-0.39, 0.29) is 11.9 Å². The average Bonchev–Trinajstić information content (AvgIpc) is 2.53. The van der Waals surface area contributed by atoms with Crippen LogP contribution >= 0.6 is 0 Å². The number of ether oxygens (including phenoxy) is 2. The van der Waals surface area contributed by atoms with Crippen LogP contribution in [0.1, 0.15) is 17.2 Å². The molecule has 1 N–H and O–H groups in total. The van der Waals surface area contributed by atoms with E-state index in [2.05, 4.69) is 5.32 Å². The van der Waals surface area contributed by atoms with E-state index < -0.39 is 0 Å². The lowest BCUT2D eigenvalue weighted by Gasteiger charge is -2.20. The van der Waals surface area contributed by atoms with Crippen molar-refractivity contribution in [3.05, 3.63) is 59.4 Å². The van der Waals surface area contributed by atoms with Crippen LogP contribution < -0.4 is 14.8 Å². The maximum Gasteiger partial charge on any atom is 0.126 e. The standard InChI is InChI=1S/C17H20FNO2/c1-19-16(10-12-6-4-5-7-15(12)18)14-11-13(20-2)8-9-17(14)21-3/h4-9,11,16,19H,10H2,1-3H3. The Hall–Kier alpha value is -2.07. The number of methoxy groups -OCH3 is 2. The van der Waals surface area contributed by atoms with Crippen LogP contribution in [0.5, 0.6) is 11.5 Å². The molecule has 3 nitrogen and oxygen atoms in total. The quantitative estimate of drug-likeness (QED) is 0.884. The summed E-state index contributed by atoms with van der Waals surface area (Å²) in [5.41, 5.74) is 1.62. The Kier molecular flexibility index (Phi) is 5.17. The molecule has 2 aromatic rings. The van der Waals surface area contributed by atoms with Gasteiger partial charge in [-0.3, -0.25) is 0 Å². The highest BCUT2D eigenvalue weighted by Gasteiger charge is 2.17. The summed E-state index contributed by atoms with van der Waals surface area (Å²) in [4.78, 5) is 0. The fraction of sp³-hybridized carbons (Fsp3) is 0.294. The maximum absolute atomic E-state index is 13.8. The molecule has 112 valence electrons. The summed E-state index contributed by atoms with van der Waals surface area (Å²) in [6, 6.07) is 12.4. The van der Waals surface area contributed by atoms with E-state index in [1.54, 1.807) is 26.4 Å². The van der Waals surface area contributed by atoms with Gasteiger partial charge in [-0.25, -0.2) is 4.39 Å². The van der Waals surface area contributed by atoms with Gasteiger partial charge in [-0.2, -0.15) is 0 Å². The topological polar surface area (TPSA) is 30.5 Å². The minimum absolute atomic E-state index is 0.0630. The number of likely N-dealkylation sites (N-methyl/N-ethyl adjacent to an activating group) is 1. The third kappa shape index (κ3) is 3.52. The van der Waals surface area contributed by atoms with Crippen molar-refractivity contribution in [2.45, 2.75) is 12.5 Å². The van der Waals surface area contributed by atoms with Gasteiger partial charge < -0.3 is 14.8 Å². The molecule has 0 saturated carbocycles. The van der Waals surface area contributed by atoms with Crippen LogP contribution in [0.4, 0.5) is 4.39 Å². The summed E-state index contributed by atoms with van der Waals surface area (Å²) in [6.45, 7) is 0. The number of nitrogens with one attached hydrogen (secondary N) is 1. The molecule has 0 aliphatic heterocycles. The Labute approximate surface area is 124 Å². The zero-order valence-corrected chi connectivity index (χ0v) is 12.5. The van der Waals surface area contributed by atoms with Crippen LogP contribution in [0.25, 0.3) is 0 Å². The molecule has 0 amide bonds. The first-order valence-corrected chi connectivity index (χ1v) is 6.82. The molecular weight excluding hydrogens is 269 g/mol. The average molecular weight is 289 g/mol. The van der Waals surface area contributed by atoms with E-state index in [1.807, 2.05) is 31.3 Å². The number of benzene rings is 2. The van der Waals surface area contributed by atoms with Gasteiger partial charge >= 0.3 is 0 Å². The van der Waals surface area contributed by atoms with Crippen molar-refractivity contribution in [1.82, 2.24) is 5.32 Å². The maximum atomic E-state index is 13.8. The Bertz CT molecular complexity index is 601. The number of hydrogen-bond acceptors (Lipinski definition) is 3. The summed E-state index contributed by atoms with van der Waals surface area (Å²) in [7, 11) is 5.10. The third-order valence-electron chi connectivity index (χ3n) is 3.54. The summed E-state index contributed by atoms with van der Waals surface area (Å²) in [5.74, 6) is 1.31. The molecule has 4 heteroatoms. The zero-order chi connectivity index (χ0) is 15.2. The molecule has 0 aromatic heterocycles. The summed E-state index contributed by atoms with van der Waals surface area (Å²) in [5, 5.41) is 3.22. The SMILES string of the molecule is CNC(Cc1ccccc1F)c1cc(OC)ccc1OC. The smallest absolute Gasteiger partial charge is 0.126 e. The Morgan fingerprint density at radius 1 is 1.10 bits per heavy atom. The van der Waals surface area contributed by atoms with E-state index in [0.717, 1.165) is 17.1 Å². The van der Waals surface area contributed by atoms with E-state index in [0.29, 0.717) is 12.0 Å². The lowest BCUT2D eigenvalue weighted by molar-refractivity contribution is 0.391. The second kappa shape index (κ2) is 7.09. The monoisotopic (exact) mass is 289 g/mol. The molecule has 0 fully saturated rings. The first-order chi connectivity index (χ1) is 10.2. The van der Waals surface area contributed by atoms with Crippen molar-refractivity contribution in [1.29, 1.82) is 0 Å². The van der Waals surface area contributed by atoms with Crippen LogP contribution in [-0.2, 0) is 6.42 Å². The molecule has 0 aliphatic carbocycles. The molecule has 0 radical (unpaired) electrons.